The predicted octanol–water partition coefficient (Wildman–Crippen LogP) is 6.76. The molecule has 0 aromatic heterocycles. The molecular formula is C38H44N2O6. The zero-order valence-corrected chi connectivity index (χ0v) is 27.6. The van der Waals surface area contributed by atoms with Gasteiger partial charge in [-0.25, -0.2) is 0 Å². The van der Waals surface area contributed by atoms with E-state index in [0.717, 1.165) is 67.1 Å². The summed E-state index contributed by atoms with van der Waals surface area (Å²) in [7, 11) is 10.9. The van der Waals surface area contributed by atoms with Gasteiger partial charge in [0.25, 0.3) is 0 Å². The van der Waals surface area contributed by atoms with Crippen molar-refractivity contribution in [2.24, 2.45) is 0 Å². The quantitative estimate of drug-likeness (QED) is 0.208. The lowest BCUT2D eigenvalue weighted by Gasteiger charge is -2.35. The van der Waals surface area contributed by atoms with Gasteiger partial charge in [-0.15, -0.1) is 0 Å². The van der Waals surface area contributed by atoms with Gasteiger partial charge in [-0.05, 0) is 122 Å². The standard InChI is InChI=1S/C38H44N2O6/c1-39-16-14-27-21-36(44-5)37(45-6)23-30(27)31(39)17-24-7-10-28(11-8-24)46-38-19-25(9-12-34(38)42-3)18-32-29-22-33(41)35(43-4)20-26(29)13-15-40(32)2/h7-12,19-23,31-32,41H,13-18H2,1-6H3. The molecule has 242 valence electrons. The lowest BCUT2D eigenvalue weighted by atomic mass is 9.88. The molecule has 0 amide bonds. The highest BCUT2D eigenvalue weighted by atomic mass is 16.5. The Hall–Kier alpha value is -4.40. The number of rotatable bonds is 10. The predicted molar refractivity (Wildman–Crippen MR) is 179 cm³/mol. The number of hydrogen-bond acceptors (Lipinski definition) is 8. The van der Waals surface area contributed by atoms with Crippen molar-refractivity contribution in [3.8, 4) is 40.2 Å². The Morgan fingerprint density at radius 1 is 0.587 bits per heavy atom. The number of hydrogen-bond donors (Lipinski definition) is 1. The number of nitrogens with zero attached hydrogens (tertiary/aromatic N) is 2. The molecule has 8 nitrogen and oxygen atoms in total. The minimum atomic E-state index is 0.116. The average molecular weight is 625 g/mol. The van der Waals surface area contributed by atoms with Crippen LogP contribution in [-0.4, -0.2) is 70.5 Å². The van der Waals surface area contributed by atoms with E-state index in [1.165, 1.54) is 22.3 Å². The zero-order valence-electron chi connectivity index (χ0n) is 27.6. The molecule has 0 saturated heterocycles. The van der Waals surface area contributed by atoms with Crippen molar-refractivity contribution < 1.29 is 28.8 Å². The largest absolute Gasteiger partial charge is 0.504 e. The van der Waals surface area contributed by atoms with Gasteiger partial charge in [-0.1, -0.05) is 18.2 Å². The molecule has 2 heterocycles. The maximum Gasteiger partial charge on any atom is 0.169 e. The van der Waals surface area contributed by atoms with E-state index in [-0.39, 0.29) is 17.8 Å². The highest BCUT2D eigenvalue weighted by molar-refractivity contribution is 5.51. The zero-order chi connectivity index (χ0) is 32.4. The van der Waals surface area contributed by atoms with Crippen LogP contribution in [0.1, 0.15) is 45.5 Å². The normalized spacial score (nSPS) is 18.0. The summed E-state index contributed by atoms with van der Waals surface area (Å²) in [5.74, 6) is 4.33. The molecule has 0 spiro atoms. The molecule has 2 atom stereocenters. The molecular weight excluding hydrogens is 580 g/mol. The first-order chi connectivity index (χ1) is 22.3. The average Bonchev–Trinajstić information content (AvgIpc) is 3.07. The van der Waals surface area contributed by atoms with Crippen LogP contribution >= 0.6 is 0 Å². The molecule has 0 radical (unpaired) electrons. The van der Waals surface area contributed by atoms with Gasteiger partial charge in [0.05, 0.1) is 28.4 Å². The Bertz CT molecular complexity index is 1690. The fourth-order valence-corrected chi connectivity index (χ4v) is 6.89. The Kier molecular flexibility index (Phi) is 9.29. The van der Waals surface area contributed by atoms with Gasteiger partial charge < -0.3 is 28.8 Å². The fourth-order valence-electron chi connectivity index (χ4n) is 6.89. The molecule has 2 aliphatic rings. The van der Waals surface area contributed by atoms with Gasteiger partial charge in [0, 0.05) is 25.2 Å². The smallest absolute Gasteiger partial charge is 0.169 e. The number of ether oxygens (including phenoxy) is 5. The highest BCUT2D eigenvalue weighted by Crippen LogP contribution is 2.41. The van der Waals surface area contributed by atoms with Crippen LogP contribution in [0.3, 0.4) is 0 Å². The Balaban J connectivity index is 1.20. The molecule has 0 fully saturated rings. The minimum Gasteiger partial charge on any atom is -0.504 e. The van der Waals surface area contributed by atoms with Crippen LogP contribution in [0.4, 0.5) is 0 Å². The topological polar surface area (TPSA) is 72.9 Å². The van der Waals surface area contributed by atoms with Gasteiger partial charge >= 0.3 is 0 Å². The lowest BCUT2D eigenvalue weighted by Crippen LogP contribution is -2.33. The molecule has 4 aromatic carbocycles. The Morgan fingerprint density at radius 2 is 1.11 bits per heavy atom. The summed E-state index contributed by atoms with van der Waals surface area (Å²) in [6, 6.07) is 22.9. The molecule has 0 bridgehead atoms. The second-order valence-corrected chi connectivity index (χ2v) is 12.3. The van der Waals surface area contributed by atoms with Crippen molar-refractivity contribution in [1.82, 2.24) is 9.80 Å². The number of likely N-dealkylation sites (N-methyl/N-ethyl adjacent to an activating group) is 2. The van der Waals surface area contributed by atoms with Crippen molar-refractivity contribution in [1.29, 1.82) is 0 Å². The minimum absolute atomic E-state index is 0.116. The third-order valence-electron chi connectivity index (χ3n) is 9.57. The van der Waals surface area contributed by atoms with E-state index in [1.807, 2.05) is 30.3 Å². The molecule has 2 aliphatic heterocycles. The van der Waals surface area contributed by atoms with Gasteiger partial charge in [-0.2, -0.15) is 0 Å². The first kappa shape index (κ1) is 31.6. The highest BCUT2D eigenvalue weighted by Gasteiger charge is 2.28. The first-order valence-electron chi connectivity index (χ1n) is 15.8. The van der Waals surface area contributed by atoms with Gasteiger partial charge in [-0.3, -0.25) is 9.80 Å². The number of aromatic hydroxyl groups is 1. The summed E-state index contributed by atoms with van der Waals surface area (Å²) < 4.78 is 28.6. The number of phenols is 1. The van der Waals surface area contributed by atoms with Crippen molar-refractivity contribution in [3.63, 3.8) is 0 Å². The van der Waals surface area contributed by atoms with Crippen molar-refractivity contribution >= 4 is 0 Å². The van der Waals surface area contributed by atoms with Crippen molar-refractivity contribution in [2.75, 3.05) is 55.6 Å². The van der Waals surface area contributed by atoms with Crippen LogP contribution in [0, 0.1) is 0 Å². The summed E-state index contributed by atoms with van der Waals surface area (Å²) >= 11 is 0. The van der Waals surface area contributed by atoms with E-state index in [2.05, 4.69) is 60.3 Å². The van der Waals surface area contributed by atoms with Gasteiger partial charge in [0.2, 0.25) is 0 Å². The van der Waals surface area contributed by atoms with E-state index in [0.29, 0.717) is 17.2 Å². The molecule has 2 unspecified atom stereocenters. The van der Waals surface area contributed by atoms with Gasteiger partial charge in [0.15, 0.2) is 34.5 Å². The van der Waals surface area contributed by atoms with Gasteiger partial charge in [0.1, 0.15) is 5.75 Å². The molecule has 6 rings (SSSR count). The van der Waals surface area contributed by atoms with E-state index in [4.69, 9.17) is 23.7 Å². The van der Waals surface area contributed by atoms with Crippen LogP contribution in [0.5, 0.6) is 40.2 Å². The fraction of sp³-hybridized carbons (Fsp3) is 0.368. The summed E-state index contributed by atoms with van der Waals surface area (Å²) in [5, 5.41) is 10.5. The SMILES string of the molecule is COc1cc2c(cc1O)C(Cc1ccc(OC)c(Oc3ccc(CC4c5cc(OC)c(OC)cc5CCN4C)cc3)c1)N(C)CC2. The summed E-state index contributed by atoms with van der Waals surface area (Å²) in [6.07, 6.45) is 3.53. The van der Waals surface area contributed by atoms with Crippen LogP contribution in [0.25, 0.3) is 0 Å². The monoisotopic (exact) mass is 624 g/mol. The summed E-state index contributed by atoms with van der Waals surface area (Å²) in [6.45, 7) is 1.92. The second kappa shape index (κ2) is 13.5. The van der Waals surface area contributed by atoms with E-state index in [9.17, 15) is 5.11 Å². The van der Waals surface area contributed by atoms with E-state index < -0.39 is 0 Å². The maximum absolute atomic E-state index is 10.5. The van der Waals surface area contributed by atoms with E-state index in [1.54, 1.807) is 28.4 Å². The van der Waals surface area contributed by atoms with Crippen LogP contribution in [-0.2, 0) is 25.7 Å². The maximum atomic E-state index is 10.5. The third-order valence-corrected chi connectivity index (χ3v) is 9.57. The van der Waals surface area contributed by atoms with Crippen molar-refractivity contribution in [3.05, 3.63) is 100 Å². The Morgan fingerprint density at radius 3 is 1.72 bits per heavy atom. The molecule has 4 aromatic rings. The molecule has 0 saturated carbocycles. The first-order valence-corrected chi connectivity index (χ1v) is 15.8. The number of phenolic OH excluding ortho intramolecular Hbond substituents is 1. The molecule has 1 N–H and O–H groups in total. The number of methoxy groups -OCH3 is 4. The second-order valence-electron chi connectivity index (χ2n) is 12.3. The summed E-state index contributed by atoms with van der Waals surface area (Å²) in [5.41, 5.74) is 7.29. The molecule has 8 heteroatoms. The summed E-state index contributed by atoms with van der Waals surface area (Å²) in [4.78, 5) is 4.75. The van der Waals surface area contributed by atoms with Crippen molar-refractivity contribution in [2.45, 2.75) is 37.8 Å². The third kappa shape index (κ3) is 6.32. The number of fused-ring (bicyclic) bond motifs is 2. The Labute approximate surface area is 272 Å². The van der Waals surface area contributed by atoms with Crippen LogP contribution < -0.4 is 23.7 Å². The molecule has 46 heavy (non-hydrogen) atoms. The number of benzene rings is 4. The van der Waals surface area contributed by atoms with Crippen LogP contribution in [0.15, 0.2) is 66.7 Å². The van der Waals surface area contributed by atoms with Crippen LogP contribution in [0.2, 0.25) is 0 Å². The molecule has 0 aliphatic carbocycles. The lowest BCUT2D eigenvalue weighted by molar-refractivity contribution is 0.228. The van der Waals surface area contributed by atoms with E-state index >= 15 is 0 Å².